The van der Waals surface area contributed by atoms with Crippen LogP contribution in [-0.2, 0) is 4.79 Å². The molecule has 1 amide bonds. The molecule has 0 rings (SSSR count). The van der Waals surface area contributed by atoms with Crippen molar-refractivity contribution >= 4 is 5.91 Å². The number of carbonyl (C=O) groups is 1. The Morgan fingerprint density at radius 1 is 1.17 bits per heavy atom. The van der Waals surface area contributed by atoms with Gasteiger partial charge in [-0.15, -0.1) is 0 Å². The number of amides is 1. The molecule has 0 fully saturated rings. The second kappa shape index (κ2) is 5.14. The number of hydrogen-bond acceptors (Lipinski definition) is 2. The van der Waals surface area contributed by atoms with Crippen LogP contribution in [0.3, 0.4) is 0 Å². The largest absolute Gasteiger partial charge is 0.358 e. The van der Waals surface area contributed by atoms with Crippen molar-refractivity contribution in [2.24, 2.45) is 5.92 Å². The highest BCUT2D eigenvalue weighted by Gasteiger charge is 2.15. The molecule has 72 valence electrons. The van der Waals surface area contributed by atoms with Gasteiger partial charge in [0.05, 0.1) is 6.04 Å². The lowest BCUT2D eigenvalue weighted by atomic mass is 10.1. The Morgan fingerprint density at radius 3 is 2.00 bits per heavy atom. The SMILES string of the molecule is CNC(=O)[C@@H](C)NC(C)C(C)C. The maximum atomic E-state index is 11.1. The normalized spacial score (nSPS) is 15.8. The molecule has 0 bridgehead atoms. The van der Waals surface area contributed by atoms with Crippen LogP contribution in [0.25, 0.3) is 0 Å². The van der Waals surface area contributed by atoms with Gasteiger partial charge in [0.1, 0.15) is 0 Å². The molecule has 0 saturated heterocycles. The topological polar surface area (TPSA) is 41.1 Å². The molecule has 3 nitrogen and oxygen atoms in total. The fourth-order valence-electron chi connectivity index (χ4n) is 0.879. The molecule has 0 heterocycles. The minimum Gasteiger partial charge on any atom is -0.358 e. The smallest absolute Gasteiger partial charge is 0.236 e. The summed E-state index contributed by atoms with van der Waals surface area (Å²) in [5, 5.41) is 5.83. The molecule has 0 aromatic carbocycles. The molecule has 0 spiro atoms. The molecule has 2 atom stereocenters. The Balaban J connectivity index is 3.83. The number of nitrogens with one attached hydrogen (secondary N) is 2. The van der Waals surface area contributed by atoms with E-state index in [1.807, 2.05) is 6.92 Å². The summed E-state index contributed by atoms with van der Waals surface area (Å²) in [6.45, 7) is 8.23. The third kappa shape index (κ3) is 3.72. The van der Waals surface area contributed by atoms with Gasteiger partial charge in [-0.1, -0.05) is 13.8 Å². The summed E-state index contributed by atoms with van der Waals surface area (Å²) in [6, 6.07) is 0.268. The van der Waals surface area contributed by atoms with Crippen molar-refractivity contribution < 1.29 is 4.79 Å². The fraction of sp³-hybridized carbons (Fsp3) is 0.889. The van der Waals surface area contributed by atoms with Gasteiger partial charge in [-0.05, 0) is 19.8 Å². The molecule has 0 saturated carbocycles. The van der Waals surface area contributed by atoms with Crippen molar-refractivity contribution in [2.45, 2.75) is 39.8 Å². The van der Waals surface area contributed by atoms with Crippen molar-refractivity contribution in [2.75, 3.05) is 7.05 Å². The molecule has 0 aliphatic carbocycles. The molecular formula is C9H20N2O. The van der Waals surface area contributed by atoms with Gasteiger partial charge in [0.15, 0.2) is 0 Å². The van der Waals surface area contributed by atoms with E-state index in [1.54, 1.807) is 7.05 Å². The highest BCUT2D eigenvalue weighted by Crippen LogP contribution is 2.00. The first-order valence-corrected chi connectivity index (χ1v) is 4.46. The van der Waals surface area contributed by atoms with Crippen molar-refractivity contribution in [1.29, 1.82) is 0 Å². The number of likely N-dealkylation sites (N-methyl/N-ethyl adjacent to an activating group) is 1. The Labute approximate surface area is 74.9 Å². The molecule has 0 aliphatic rings. The van der Waals surface area contributed by atoms with Crippen molar-refractivity contribution in [3.63, 3.8) is 0 Å². The zero-order valence-corrected chi connectivity index (χ0v) is 8.64. The predicted molar refractivity (Wildman–Crippen MR) is 51.0 cm³/mol. The Kier molecular flexibility index (Phi) is 4.90. The van der Waals surface area contributed by atoms with Gasteiger partial charge in [0.2, 0.25) is 5.91 Å². The quantitative estimate of drug-likeness (QED) is 0.657. The molecule has 3 heteroatoms. The minimum absolute atomic E-state index is 0.0440. The summed E-state index contributed by atoms with van der Waals surface area (Å²) in [4.78, 5) is 11.1. The first-order chi connectivity index (χ1) is 5.49. The van der Waals surface area contributed by atoms with Gasteiger partial charge in [-0.3, -0.25) is 4.79 Å². The Hall–Kier alpha value is -0.570. The maximum absolute atomic E-state index is 11.1. The molecule has 0 radical (unpaired) electrons. The van der Waals surface area contributed by atoms with Crippen LogP contribution >= 0.6 is 0 Å². The standard InChI is InChI=1S/C9H20N2O/c1-6(2)7(3)11-8(4)9(12)10-5/h6-8,11H,1-5H3,(H,10,12)/t7?,8-/m1/s1. The molecule has 1 unspecified atom stereocenters. The summed E-state index contributed by atoms with van der Waals surface area (Å²) in [7, 11) is 1.65. The van der Waals surface area contributed by atoms with Crippen LogP contribution in [0, 0.1) is 5.92 Å². The van der Waals surface area contributed by atoms with Crippen LogP contribution in [-0.4, -0.2) is 25.0 Å². The van der Waals surface area contributed by atoms with Crippen LogP contribution in [0.5, 0.6) is 0 Å². The van der Waals surface area contributed by atoms with Crippen LogP contribution in [0.1, 0.15) is 27.7 Å². The summed E-state index contributed by atoms with van der Waals surface area (Å²) < 4.78 is 0. The van der Waals surface area contributed by atoms with Gasteiger partial charge < -0.3 is 10.6 Å². The third-order valence-electron chi connectivity index (χ3n) is 2.15. The molecular weight excluding hydrogens is 152 g/mol. The highest BCUT2D eigenvalue weighted by atomic mass is 16.2. The predicted octanol–water partition coefficient (Wildman–Crippen LogP) is 0.755. The van der Waals surface area contributed by atoms with Gasteiger partial charge in [0, 0.05) is 13.1 Å². The van der Waals surface area contributed by atoms with E-state index in [4.69, 9.17) is 0 Å². The average Bonchev–Trinajstić information content (AvgIpc) is 2.02. The monoisotopic (exact) mass is 172 g/mol. The van der Waals surface area contributed by atoms with E-state index in [9.17, 15) is 4.79 Å². The fourth-order valence-corrected chi connectivity index (χ4v) is 0.879. The molecule has 12 heavy (non-hydrogen) atoms. The van der Waals surface area contributed by atoms with E-state index in [0.29, 0.717) is 12.0 Å². The number of hydrogen-bond donors (Lipinski definition) is 2. The van der Waals surface area contributed by atoms with Gasteiger partial charge >= 0.3 is 0 Å². The van der Waals surface area contributed by atoms with Gasteiger partial charge in [-0.25, -0.2) is 0 Å². The lowest BCUT2D eigenvalue weighted by Gasteiger charge is -2.21. The molecule has 0 aliphatic heterocycles. The molecule has 0 aromatic rings. The van der Waals surface area contributed by atoms with Crippen molar-refractivity contribution in [3.05, 3.63) is 0 Å². The molecule has 0 aromatic heterocycles. The van der Waals surface area contributed by atoms with E-state index in [-0.39, 0.29) is 11.9 Å². The number of rotatable bonds is 4. The van der Waals surface area contributed by atoms with Gasteiger partial charge in [-0.2, -0.15) is 0 Å². The van der Waals surface area contributed by atoms with Crippen molar-refractivity contribution in [3.8, 4) is 0 Å². The maximum Gasteiger partial charge on any atom is 0.236 e. The highest BCUT2D eigenvalue weighted by molar-refractivity contribution is 5.80. The van der Waals surface area contributed by atoms with Crippen LogP contribution in [0.15, 0.2) is 0 Å². The summed E-state index contributed by atoms with van der Waals surface area (Å²) in [5.41, 5.74) is 0. The van der Waals surface area contributed by atoms with E-state index >= 15 is 0 Å². The lowest BCUT2D eigenvalue weighted by molar-refractivity contribution is -0.122. The molecule has 2 N–H and O–H groups in total. The average molecular weight is 172 g/mol. The summed E-state index contributed by atoms with van der Waals surface area (Å²) >= 11 is 0. The summed E-state index contributed by atoms with van der Waals surface area (Å²) in [5.74, 6) is 0.597. The van der Waals surface area contributed by atoms with Crippen LogP contribution in [0.4, 0.5) is 0 Å². The summed E-state index contributed by atoms with van der Waals surface area (Å²) in [6.07, 6.45) is 0. The minimum atomic E-state index is -0.104. The first kappa shape index (κ1) is 11.4. The zero-order chi connectivity index (χ0) is 9.72. The van der Waals surface area contributed by atoms with E-state index in [2.05, 4.69) is 31.4 Å². The first-order valence-electron chi connectivity index (χ1n) is 4.46. The van der Waals surface area contributed by atoms with Gasteiger partial charge in [0.25, 0.3) is 0 Å². The Morgan fingerprint density at radius 2 is 1.67 bits per heavy atom. The van der Waals surface area contributed by atoms with E-state index in [1.165, 1.54) is 0 Å². The second-order valence-corrected chi connectivity index (χ2v) is 3.54. The van der Waals surface area contributed by atoms with Crippen molar-refractivity contribution in [1.82, 2.24) is 10.6 Å². The van der Waals surface area contributed by atoms with Crippen LogP contribution in [0.2, 0.25) is 0 Å². The number of carbonyl (C=O) groups excluding carboxylic acids is 1. The Bertz CT molecular complexity index is 145. The van der Waals surface area contributed by atoms with E-state index in [0.717, 1.165) is 0 Å². The van der Waals surface area contributed by atoms with E-state index < -0.39 is 0 Å². The second-order valence-electron chi connectivity index (χ2n) is 3.54. The lowest BCUT2D eigenvalue weighted by Crippen LogP contribution is -2.46. The van der Waals surface area contributed by atoms with Crippen LogP contribution < -0.4 is 10.6 Å². The third-order valence-corrected chi connectivity index (χ3v) is 2.15. The zero-order valence-electron chi connectivity index (χ0n) is 8.64.